The molecule has 0 radical (unpaired) electrons. The third-order valence-corrected chi connectivity index (χ3v) is 3.05. The van der Waals surface area contributed by atoms with E-state index in [2.05, 4.69) is 0 Å². The summed E-state index contributed by atoms with van der Waals surface area (Å²) in [5.41, 5.74) is 6.38. The van der Waals surface area contributed by atoms with Gasteiger partial charge in [-0.3, -0.25) is 0 Å². The van der Waals surface area contributed by atoms with Crippen LogP contribution >= 0.6 is 0 Å². The molecule has 2 N–H and O–H groups in total. The Morgan fingerprint density at radius 3 is 2.33 bits per heavy atom. The van der Waals surface area contributed by atoms with Crippen LogP contribution < -0.4 is 10.5 Å². The SMILES string of the molecule is CC(C)[C@@H](N)COc1ccc(C(C)(C)C)c(F)c1. The van der Waals surface area contributed by atoms with Crippen molar-refractivity contribution in [1.82, 2.24) is 0 Å². The normalized spacial score (nSPS) is 13.8. The molecule has 0 fully saturated rings. The lowest BCUT2D eigenvalue weighted by Crippen LogP contribution is -2.33. The minimum atomic E-state index is -0.224. The summed E-state index contributed by atoms with van der Waals surface area (Å²) < 4.78 is 19.4. The Hall–Kier alpha value is -1.09. The van der Waals surface area contributed by atoms with Crippen LogP contribution in [0.2, 0.25) is 0 Å². The molecule has 1 rings (SSSR count). The summed E-state index contributed by atoms with van der Waals surface area (Å²) in [5.74, 6) is 0.665. The molecule has 0 aliphatic rings. The third kappa shape index (κ3) is 3.98. The first-order chi connectivity index (χ1) is 8.21. The van der Waals surface area contributed by atoms with Crippen LogP contribution in [0, 0.1) is 11.7 Å². The van der Waals surface area contributed by atoms with Gasteiger partial charge in [-0.15, -0.1) is 0 Å². The largest absolute Gasteiger partial charge is 0.492 e. The average molecular weight is 253 g/mol. The van der Waals surface area contributed by atoms with Gasteiger partial charge in [0.25, 0.3) is 0 Å². The third-order valence-electron chi connectivity index (χ3n) is 3.05. The fourth-order valence-electron chi connectivity index (χ4n) is 1.58. The quantitative estimate of drug-likeness (QED) is 0.891. The molecule has 0 aliphatic heterocycles. The molecule has 0 saturated carbocycles. The number of hydrogen-bond donors (Lipinski definition) is 1. The van der Waals surface area contributed by atoms with E-state index in [-0.39, 0.29) is 17.3 Å². The van der Waals surface area contributed by atoms with Gasteiger partial charge in [0.1, 0.15) is 18.2 Å². The summed E-state index contributed by atoms with van der Waals surface area (Å²) >= 11 is 0. The molecule has 2 nitrogen and oxygen atoms in total. The number of benzene rings is 1. The van der Waals surface area contributed by atoms with Crippen molar-refractivity contribution in [3.8, 4) is 5.75 Å². The highest BCUT2D eigenvalue weighted by Gasteiger charge is 2.18. The number of nitrogens with two attached hydrogens (primary N) is 1. The summed E-state index contributed by atoms with van der Waals surface area (Å²) in [6.07, 6.45) is 0. The summed E-state index contributed by atoms with van der Waals surface area (Å²) in [7, 11) is 0. The summed E-state index contributed by atoms with van der Waals surface area (Å²) in [6, 6.07) is 4.99. The predicted octanol–water partition coefficient (Wildman–Crippen LogP) is 3.49. The Bertz CT molecular complexity index is 396. The topological polar surface area (TPSA) is 35.2 Å². The van der Waals surface area contributed by atoms with E-state index < -0.39 is 0 Å². The summed E-state index contributed by atoms with van der Waals surface area (Å²) in [5, 5.41) is 0. The van der Waals surface area contributed by atoms with Crippen molar-refractivity contribution < 1.29 is 9.13 Å². The Kier molecular flexibility index (Phi) is 4.74. The average Bonchev–Trinajstić information content (AvgIpc) is 2.23. The van der Waals surface area contributed by atoms with Crippen molar-refractivity contribution in [2.75, 3.05) is 6.61 Å². The first-order valence-corrected chi connectivity index (χ1v) is 6.40. The molecule has 102 valence electrons. The van der Waals surface area contributed by atoms with E-state index in [9.17, 15) is 4.39 Å². The zero-order chi connectivity index (χ0) is 13.9. The highest BCUT2D eigenvalue weighted by molar-refractivity contribution is 5.32. The van der Waals surface area contributed by atoms with E-state index in [1.165, 1.54) is 6.07 Å². The van der Waals surface area contributed by atoms with Crippen LogP contribution in [-0.4, -0.2) is 12.6 Å². The van der Waals surface area contributed by atoms with Gasteiger partial charge >= 0.3 is 0 Å². The van der Waals surface area contributed by atoms with E-state index in [0.29, 0.717) is 23.8 Å². The molecule has 1 atom stereocenters. The lowest BCUT2D eigenvalue weighted by molar-refractivity contribution is 0.258. The van der Waals surface area contributed by atoms with Crippen molar-refractivity contribution in [3.63, 3.8) is 0 Å². The fraction of sp³-hybridized carbons (Fsp3) is 0.600. The van der Waals surface area contributed by atoms with Crippen LogP contribution in [0.1, 0.15) is 40.2 Å². The zero-order valence-corrected chi connectivity index (χ0v) is 12.0. The summed E-state index contributed by atoms with van der Waals surface area (Å²) in [4.78, 5) is 0. The first-order valence-electron chi connectivity index (χ1n) is 6.40. The first kappa shape index (κ1) is 15.0. The molecule has 0 spiro atoms. The van der Waals surface area contributed by atoms with E-state index in [0.717, 1.165) is 0 Å². The van der Waals surface area contributed by atoms with Crippen molar-refractivity contribution in [2.24, 2.45) is 11.7 Å². The fourth-order valence-corrected chi connectivity index (χ4v) is 1.58. The highest BCUT2D eigenvalue weighted by Crippen LogP contribution is 2.27. The van der Waals surface area contributed by atoms with Crippen LogP contribution in [0.3, 0.4) is 0 Å². The Morgan fingerprint density at radius 1 is 1.28 bits per heavy atom. The molecule has 0 saturated heterocycles. The predicted molar refractivity (Wildman–Crippen MR) is 73.4 cm³/mol. The Labute approximate surface area is 109 Å². The highest BCUT2D eigenvalue weighted by atomic mass is 19.1. The maximum atomic E-state index is 13.9. The standard InChI is InChI=1S/C15H24FNO/c1-10(2)14(17)9-18-11-6-7-12(13(16)8-11)15(3,4)5/h6-8,10,14H,9,17H2,1-5H3/t14-/m0/s1. The maximum absolute atomic E-state index is 13.9. The molecule has 1 aromatic carbocycles. The van der Waals surface area contributed by atoms with Gasteiger partial charge in [-0.25, -0.2) is 4.39 Å². The monoisotopic (exact) mass is 253 g/mol. The molecule has 18 heavy (non-hydrogen) atoms. The van der Waals surface area contributed by atoms with Gasteiger partial charge in [-0.2, -0.15) is 0 Å². The number of halogens is 1. The smallest absolute Gasteiger partial charge is 0.130 e. The van der Waals surface area contributed by atoms with Gasteiger partial charge in [0.05, 0.1) is 0 Å². The van der Waals surface area contributed by atoms with Crippen LogP contribution in [0.5, 0.6) is 5.75 Å². The second kappa shape index (κ2) is 5.70. The Morgan fingerprint density at radius 2 is 1.89 bits per heavy atom. The van der Waals surface area contributed by atoms with Gasteiger partial charge in [0.15, 0.2) is 0 Å². The second-order valence-corrected chi connectivity index (χ2v) is 6.11. The Balaban J connectivity index is 2.74. The van der Waals surface area contributed by atoms with Gasteiger partial charge in [-0.1, -0.05) is 40.7 Å². The minimum Gasteiger partial charge on any atom is -0.492 e. The lowest BCUT2D eigenvalue weighted by atomic mass is 9.87. The number of hydrogen-bond acceptors (Lipinski definition) is 2. The van der Waals surface area contributed by atoms with Gasteiger partial charge in [-0.05, 0) is 23.0 Å². The molecule has 0 heterocycles. The molecule has 0 aliphatic carbocycles. The molecule has 3 heteroatoms. The van der Waals surface area contributed by atoms with Gasteiger partial charge < -0.3 is 10.5 Å². The van der Waals surface area contributed by atoms with Gasteiger partial charge in [0, 0.05) is 12.1 Å². The van der Waals surface area contributed by atoms with Crippen LogP contribution in [-0.2, 0) is 5.41 Å². The molecular weight excluding hydrogens is 229 g/mol. The summed E-state index contributed by atoms with van der Waals surface area (Å²) in [6.45, 7) is 10.4. The lowest BCUT2D eigenvalue weighted by Gasteiger charge is -2.21. The van der Waals surface area contributed by atoms with E-state index in [4.69, 9.17) is 10.5 Å². The molecular formula is C15H24FNO. The van der Waals surface area contributed by atoms with E-state index in [1.54, 1.807) is 12.1 Å². The molecule has 0 bridgehead atoms. The maximum Gasteiger partial charge on any atom is 0.130 e. The molecule has 0 aromatic heterocycles. The van der Waals surface area contributed by atoms with Crippen LogP contribution in [0.4, 0.5) is 4.39 Å². The van der Waals surface area contributed by atoms with Crippen LogP contribution in [0.25, 0.3) is 0 Å². The van der Waals surface area contributed by atoms with E-state index >= 15 is 0 Å². The van der Waals surface area contributed by atoms with E-state index in [1.807, 2.05) is 34.6 Å². The zero-order valence-electron chi connectivity index (χ0n) is 12.0. The molecule has 0 amide bonds. The molecule has 0 unspecified atom stereocenters. The number of ether oxygens (including phenoxy) is 1. The van der Waals surface area contributed by atoms with Crippen molar-refractivity contribution in [1.29, 1.82) is 0 Å². The second-order valence-electron chi connectivity index (χ2n) is 6.11. The van der Waals surface area contributed by atoms with Crippen molar-refractivity contribution >= 4 is 0 Å². The number of rotatable bonds is 4. The minimum absolute atomic E-state index is 0.0321. The molecule has 1 aromatic rings. The van der Waals surface area contributed by atoms with Crippen LogP contribution in [0.15, 0.2) is 18.2 Å². The van der Waals surface area contributed by atoms with Crippen molar-refractivity contribution in [2.45, 2.75) is 46.1 Å². The van der Waals surface area contributed by atoms with Crippen molar-refractivity contribution in [3.05, 3.63) is 29.6 Å². The van der Waals surface area contributed by atoms with Gasteiger partial charge in [0.2, 0.25) is 0 Å².